The van der Waals surface area contributed by atoms with E-state index in [4.69, 9.17) is 9.47 Å². The Bertz CT molecular complexity index is 412. The molecular formula is C25H50O2Si. The summed E-state index contributed by atoms with van der Waals surface area (Å²) >= 11 is 0. The second-order valence-electron chi connectivity index (χ2n) is 9.99. The number of unbranched alkanes of at least 4 members (excludes halogenated alkanes) is 10. The molecule has 28 heavy (non-hydrogen) atoms. The second-order valence-corrected chi connectivity index (χ2v) is 15.0. The molecular weight excluding hydrogens is 360 g/mol. The molecule has 0 N–H and O–H groups in total. The third-order valence-corrected chi connectivity index (χ3v) is 10.3. The maximum atomic E-state index is 5.59. The van der Waals surface area contributed by atoms with Crippen molar-refractivity contribution in [3.05, 3.63) is 0 Å². The second kappa shape index (κ2) is 16.5. The Morgan fingerprint density at radius 3 is 1.71 bits per heavy atom. The van der Waals surface area contributed by atoms with E-state index < -0.39 is 8.07 Å². The van der Waals surface area contributed by atoms with Crippen LogP contribution in [0.4, 0.5) is 0 Å². The number of rotatable bonds is 16. The minimum atomic E-state index is -1.39. The summed E-state index contributed by atoms with van der Waals surface area (Å²) in [6, 6.07) is 0. The van der Waals surface area contributed by atoms with E-state index in [1.54, 1.807) is 0 Å². The standard InChI is InChI=1S/C25H50O2Si/c1-24(2)27-22-21-26-20-18-16-14-12-10-8-9-11-13-15-17-19-23-28(6,7)25(3,4)5/h24H,8-18,20-22H2,1-7H3. The summed E-state index contributed by atoms with van der Waals surface area (Å²) in [5, 5.41) is 0.384. The zero-order valence-electron chi connectivity index (χ0n) is 20.3. The highest BCUT2D eigenvalue weighted by Crippen LogP contribution is 2.35. The van der Waals surface area contributed by atoms with Crippen molar-refractivity contribution in [2.45, 2.75) is 129 Å². The first-order valence-electron chi connectivity index (χ1n) is 11.9. The molecule has 0 aliphatic heterocycles. The van der Waals surface area contributed by atoms with Gasteiger partial charge in [0.05, 0.1) is 19.3 Å². The molecule has 0 heterocycles. The molecule has 0 aliphatic rings. The molecule has 0 bridgehead atoms. The Morgan fingerprint density at radius 1 is 0.714 bits per heavy atom. The van der Waals surface area contributed by atoms with Gasteiger partial charge in [0.1, 0.15) is 8.07 Å². The Labute approximate surface area is 178 Å². The molecule has 0 spiro atoms. The molecule has 3 heteroatoms. The van der Waals surface area contributed by atoms with Crippen LogP contribution in [0.5, 0.6) is 0 Å². The van der Waals surface area contributed by atoms with Gasteiger partial charge in [-0.25, -0.2) is 0 Å². The topological polar surface area (TPSA) is 18.5 Å². The summed E-state index contributed by atoms with van der Waals surface area (Å²) in [5.74, 6) is 3.48. The van der Waals surface area contributed by atoms with E-state index in [0.29, 0.717) is 11.1 Å². The maximum absolute atomic E-state index is 5.59. The van der Waals surface area contributed by atoms with Crippen LogP contribution in [0.2, 0.25) is 18.1 Å². The van der Waals surface area contributed by atoms with Crippen LogP contribution in [0.3, 0.4) is 0 Å². The van der Waals surface area contributed by atoms with Gasteiger partial charge in [-0.2, -0.15) is 0 Å². The van der Waals surface area contributed by atoms with E-state index in [9.17, 15) is 0 Å². The van der Waals surface area contributed by atoms with Crippen LogP contribution in [-0.2, 0) is 9.47 Å². The molecule has 0 fully saturated rings. The average Bonchev–Trinajstić information content (AvgIpc) is 2.59. The van der Waals surface area contributed by atoms with Gasteiger partial charge in [-0.15, -0.1) is 11.5 Å². The van der Waals surface area contributed by atoms with E-state index in [-0.39, 0.29) is 0 Å². The largest absolute Gasteiger partial charge is 0.379 e. The maximum Gasteiger partial charge on any atom is 0.137 e. The molecule has 0 amide bonds. The van der Waals surface area contributed by atoms with Crippen molar-refractivity contribution >= 4 is 8.07 Å². The molecule has 0 rings (SSSR count). The summed E-state index contributed by atoms with van der Waals surface area (Å²) in [5.41, 5.74) is 3.63. The molecule has 0 radical (unpaired) electrons. The highest BCUT2D eigenvalue weighted by atomic mass is 28.3. The summed E-state index contributed by atoms with van der Waals surface area (Å²) in [4.78, 5) is 0. The highest BCUT2D eigenvalue weighted by Gasteiger charge is 2.33. The highest BCUT2D eigenvalue weighted by molar-refractivity contribution is 6.87. The molecule has 0 atom stereocenters. The Morgan fingerprint density at radius 2 is 1.21 bits per heavy atom. The monoisotopic (exact) mass is 410 g/mol. The van der Waals surface area contributed by atoms with Crippen molar-refractivity contribution in [3.8, 4) is 11.5 Å². The Hall–Kier alpha value is -0.303. The van der Waals surface area contributed by atoms with Crippen molar-refractivity contribution in [2.24, 2.45) is 0 Å². The van der Waals surface area contributed by atoms with Gasteiger partial charge in [0.2, 0.25) is 0 Å². The van der Waals surface area contributed by atoms with Gasteiger partial charge in [-0.1, -0.05) is 85.2 Å². The first-order valence-corrected chi connectivity index (χ1v) is 14.9. The predicted octanol–water partition coefficient (Wildman–Crippen LogP) is 7.77. The third-order valence-electron chi connectivity index (χ3n) is 5.80. The lowest BCUT2D eigenvalue weighted by atomic mass is 10.1. The molecule has 0 unspecified atom stereocenters. The van der Waals surface area contributed by atoms with E-state index >= 15 is 0 Å². The lowest BCUT2D eigenvalue weighted by Crippen LogP contribution is -2.35. The van der Waals surface area contributed by atoms with Crippen molar-refractivity contribution in [1.82, 2.24) is 0 Å². The van der Waals surface area contributed by atoms with E-state index in [2.05, 4.69) is 59.2 Å². The molecule has 0 aromatic rings. The number of hydrogen-bond acceptors (Lipinski definition) is 2. The fourth-order valence-corrected chi connectivity index (χ4v) is 3.69. The van der Waals surface area contributed by atoms with Crippen LogP contribution in [0.1, 0.15) is 105 Å². The van der Waals surface area contributed by atoms with Crippen LogP contribution in [0.25, 0.3) is 0 Å². The van der Waals surface area contributed by atoms with E-state index in [0.717, 1.165) is 26.2 Å². The van der Waals surface area contributed by atoms with Crippen LogP contribution < -0.4 is 0 Å². The van der Waals surface area contributed by atoms with Gasteiger partial charge in [0.25, 0.3) is 0 Å². The summed E-state index contributed by atoms with van der Waals surface area (Å²) < 4.78 is 11.0. The number of ether oxygens (including phenoxy) is 2. The van der Waals surface area contributed by atoms with Gasteiger partial charge in [0.15, 0.2) is 0 Å². The quantitative estimate of drug-likeness (QED) is 0.147. The Kier molecular flexibility index (Phi) is 16.3. The van der Waals surface area contributed by atoms with Gasteiger partial charge in [-0.05, 0) is 31.7 Å². The van der Waals surface area contributed by atoms with Crippen LogP contribution in [0, 0.1) is 11.5 Å². The van der Waals surface area contributed by atoms with Crippen molar-refractivity contribution in [3.63, 3.8) is 0 Å². The van der Waals surface area contributed by atoms with Crippen LogP contribution >= 0.6 is 0 Å². The zero-order chi connectivity index (χ0) is 21.3. The van der Waals surface area contributed by atoms with Gasteiger partial charge >= 0.3 is 0 Å². The molecule has 166 valence electrons. The molecule has 0 saturated heterocycles. The normalized spacial score (nSPS) is 12.3. The first kappa shape index (κ1) is 27.7. The molecule has 0 aromatic carbocycles. The predicted molar refractivity (Wildman–Crippen MR) is 128 cm³/mol. The van der Waals surface area contributed by atoms with Gasteiger partial charge in [-0.3, -0.25) is 0 Å². The summed E-state index contributed by atoms with van der Waals surface area (Å²) in [6.45, 7) is 18.3. The zero-order valence-corrected chi connectivity index (χ0v) is 21.3. The third kappa shape index (κ3) is 16.6. The van der Waals surface area contributed by atoms with E-state index in [1.165, 1.54) is 64.2 Å². The van der Waals surface area contributed by atoms with Crippen LogP contribution in [-0.4, -0.2) is 34.0 Å². The van der Waals surface area contributed by atoms with Crippen LogP contribution in [0.15, 0.2) is 0 Å². The summed E-state index contributed by atoms with van der Waals surface area (Å²) in [6.07, 6.45) is 14.9. The number of hydrogen-bond donors (Lipinski definition) is 0. The Balaban J connectivity index is 3.31. The fraction of sp³-hybridized carbons (Fsp3) is 0.920. The molecule has 0 aromatic heterocycles. The van der Waals surface area contributed by atoms with Crippen molar-refractivity contribution in [2.75, 3.05) is 19.8 Å². The average molecular weight is 411 g/mol. The SMILES string of the molecule is CC(C)OCCOCCCCCCCCCCCCC#C[Si](C)(C)C(C)(C)C. The van der Waals surface area contributed by atoms with Gasteiger partial charge < -0.3 is 9.47 Å². The molecule has 0 aliphatic carbocycles. The first-order chi connectivity index (χ1) is 13.2. The molecule has 0 saturated carbocycles. The van der Waals surface area contributed by atoms with Gasteiger partial charge in [0, 0.05) is 13.0 Å². The summed E-state index contributed by atoms with van der Waals surface area (Å²) in [7, 11) is -1.39. The van der Waals surface area contributed by atoms with Crippen molar-refractivity contribution in [1.29, 1.82) is 0 Å². The lowest BCUT2D eigenvalue weighted by molar-refractivity contribution is 0.0186. The fourth-order valence-electron chi connectivity index (χ4n) is 2.75. The lowest BCUT2D eigenvalue weighted by Gasteiger charge is -2.31. The van der Waals surface area contributed by atoms with Crippen molar-refractivity contribution < 1.29 is 9.47 Å². The molecule has 2 nitrogen and oxygen atoms in total. The smallest absolute Gasteiger partial charge is 0.137 e. The minimum absolute atomic E-state index is 0.310. The minimum Gasteiger partial charge on any atom is -0.379 e. The van der Waals surface area contributed by atoms with E-state index in [1.807, 2.05) is 0 Å².